The minimum Gasteiger partial charge on any atom is -0.369 e. The highest BCUT2D eigenvalue weighted by Crippen LogP contribution is 2.41. The molecular formula is C22H20N4O5S. The number of aliphatic hydroxyl groups is 1. The molecule has 4 N–H and O–H groups in total. The van der Waals surface area contributed by atoms with E-state index < -0.39 is 21.2 Å². The standard InChI is InChI=1S/C22H20N4O5S/c1-32(30,31)25-16-9-7-15(8-10-16)23-21(14-5-3-2-4-6-14)20-18-13-17(26(28)29)11-12-19(18)24-22(20)27/h2-13,22-25,27H,1H3/b21-20-. The van der Waals surface area contributed by atoms with E-state index in [4.69, 9.17) is 0 Å². The van der Waals surface area contributed by atoms with E-state index >= 15 is 0 Å². The van der Waals surface area contributed by atoms with E-state index in [2.05, 4.69) is 15.4 Å². The van der Waals surface area contributed by atoms with Crippen molar-refractivity contribution in [3.05, 3.63) is 94.0 Å². The average molecular weight is 452 g/mol. The lowest BCUT2D eigenvalue weighted by atomic mass is 9.99. The van der Waals surface area contributed by atoms with E-state index in [0.717, 1.165) is 11.8 Å². The molecular weight excluding hydrogens is 432 g/mol. The predicted molar refractivity (Wildman–Crippen MR) is 125 cm³/mol. The summed E-state index contributed by atoms with van der Waals surface area (Å²) in [6.45, 7) is 0. The number of hydrogen-bond donors (Lipinski definition) is 4. The number of benzene rings is 3. The van der Waals surface area contributed by atoms with Crippen LogP contribution in [-0.4, -0.2) is 30.9 Å². The summed E-state index contributed by atoms with van der Waals surface area (Å²) in [7, 11) is -3.40. The monoisotopic (exact) mass is 452 g/mol. The molecule has 0 fully saturated rings. The average Bonchev–Trinajstić information content (AvgIpc) is 3.07. The van der Waals surface area contributed by atoms with Crippen LogP contribution in [0.25, 0.3) is 11.3 Å². The molecule has 0 aromatic heterocycles. The molecule has 164 valence electrons. The lowest BCUT2D eigenvalue weighted by Crippen LogP contribution is -2.16. The van der Waals surface area contributed by atoms with Crippen LogP contribution in [0.15, 0.2) is 72.8 Å². The Morgan fingerprint density at radius 2 is 1.69 bits per heavy atom. The number of nitro groups is 1. The topological polar surface area (TPSA) is 134 Å². The summed E-state index contributed by atoms with van der Waals surface area (Å²) < 4.78 is 25.3. The molecule has 9 nitrogen and oxygen atoms in total. The van der Waals surface area contributed by atoms with Crippen molar-refractivity contribution in [1.82, 2.24) is 0 Å². The molecule has 1 aliphatic heterocycles. The Kier molecular flexibility index (Phi) is 5.56. The fourth-order valence-corrected chi connectivity index (χ4v) is 4.08. The number of nitrogens with one attached hydrogen (secondary N) is 3. The Balaban J connectivity index is 1.80. The maximum absolute atomic E-state index is 11.4. The van der Waals surface area contributed by atoms with Crippen molar-refractivity contribution < 1.29 is 18.4 Å². The SMILES string of the molecule is CS(=O)(=O)Nc1ccc(N/C(=C2/c3cc([N+](=O)[O-])ccc3NC2O)c2ccccc2)cc1. The first-order chi connectivity index (χ1) is 15.2. The van der Waals surface area contributed by atoms with Gasteiger partial charge in [-0.05, 0) is 35.9 Å². The zero-order chi connectivity index (χ0) is 22.9. The van der Waals surface area contributed by atoms with Gasteiger partial charge in [0.1, 0.15) is 0 Å². The summed E-state index contributed by atoms with van der Waals surface area (Å²) in [5.74, 6) is 0. The predicted octanol–water partition coefficient (Wildman–Crippen LogP) is 3.69. The molecule has 0 bridgehead atoms. The van der Waals surface area contributed by atoms with Crippen LogP contribution in [0.1, 0.15) is 11.1 Å². The number of nitro benzene ring substituents is 1. The van der Waals surface area contributed by atoms with Crippen LogP contribution in [0, 0.1) is 10.1 Å². The lowest BCUT2D eigenvalue weighted by molar-refractivity contribution is -0.384. The van der Waals surface area contributed by atoms with Crippen LogP contribution in [-0.2, 0) is 10.0 Å². The minimum absolute atomic E-state index is 0.0826. The first kappa shape index (κ1) is 21.3. The first-order valence-electron chi connectivity index (χ1n) is 9.59. The number of anilines is 3. The fraction of sp³-hybridized carbons (Fsp3) is 0.0909. The van der Waals surface area contributed by atoms with Crippen LogP contribution in [0.3, 0.4) is 0 Å². The van der Waals surface area contributed by atoms with Gasteiger partial charge in [-0.1, -0.05) is 30.3 Å². The van der Waals surface area contributed by atoms with Crippen molar-refractivity contribution in [3.8, 4) is 0 Å². The van der Waals surface area contributed by atoms with Crippen molar-refractivity contribution >= 4 is 44.0 Å². The van der Waals surface area contributed by atoms with Gasteiger partial charge in [0.15, 0.2) is 6.23 Å². The van der Waals surface area contributed by atoms with E-state index in [1.807, 2.05) is 30.3 Å². The summed E-state index contributed by atoms with van der Waals surface area (Å²) in [6.07, 6.45) is -0.0109. The van der Waals surface area contributed by atoms with Gasteiger partial charge in [0.2, 0.25) is 10.0 Å². The van der Waals surface area contributed by atoms with Gasteiger partial charge in [0, 0.05) is 40.3 Å². The Morgan fingerprint density at radius 3 is 2.31 bits per heavy atom. The fourth-order valence-electron chi connectivity index (χ4n) is 3.51. The Labute approximate surface area is 184 Å². The smallest absolute Gasteiger partial charge is 0.270 e. The zero-order valence-electron chi connectivity index (χ0n) is 16.9. The summed E-state index contributed by atoms with van der Waals surface area (Å²) in [6, 6.07) is 20.3. The van der Waals surface area contributed by atoms with E-state index in [0.29, 0.717) is 33.9 Å². The van der Waals surface area contributed by atoms with Crippen molar-refractivity contribution in [1.29, 1.82) is 0 Å². The molecule has 4 rings (SSSR count). The third-order valence-electron chi connectivity index (χ3n) is 4.86. The van der Waals surface area contributed by atoms with Gasteiger partial charge in [-0.25, -0.2) is 8.42 Å². The number of nitrogens with zero attached hydrogens (tertiary/aromatic N) is 1. The lowest BCUT2D eigenvalue weighted by Gasteiger charge is -2.18. The molecule has 3 aromatic carbocycles. The molecule has 0 radical (unpaired) electrons. The molecule has 0 saturated heterocycles. The van der Waals surface area contributed by atoms with Crippen LogP contribution in [0.2, 0.25) is 0 Å². The normalized spacial score (nSPS) is 16.6. The molecule has 3 aromatic rings. The molecule has 32 heavy (non-hydrogen) atoms. The number of hydrogen-bond acceptors (Lipinski definition) is 7. The molecule has 10 heteroatoms. The molecule has 0 aliphatic carbocycles. The number of non-ortho nitro benzene ring substituents is 1. The van der Waals surface area contributed by atoms with Crippen LogP contribution < -0.4 is 15.4 Å². The minimum atomic E-state index is -3.40. The summed E-state index contributed by atoms with van der Waals surface area (Å²) in [4.78, 5) is 10.8. The number of rotatable bonds is 6. The third kappa shape index (κ3) is 4.56. The van der Waals surface area contributed by atoms with Gasteiger partial charge >= 0.3 is 0 Å². The Bertz CT molecular complexity index is 1310. The molecule has 0 saturated carbocycles. The van der Waals surface area contributed by atoms with Crippen molar-refractivity contribution in [2.45, 2.75) is 6.23 Å². The summed E-state index contributed by atoms with van der Waals surface area (Å²) >= 11 is 0. The van der Waals surface area contributed by atoms with Gasteiger partial charge < -0.3 is 15.7 Å². The summed E-state index contributed by atoms with van der Waals surface area (Å²) in [5, 5.41) is 28.3. The third-order valence-corrected chi connectivity index (χ3v) is 5.47. The van der Waals surface area contributed by atoms with Gasteiger partial charge in [-0.15, -0.1) is 0 Å². The van der Waals surface area contributed by atoms with Crippen LogP contribution >= 0.6 is 0 Å². The zero-order valence-corrected chi connectivity index (χ0v) is 17.8. The quantitative estimate of drug-likeness (QED) is 0.331. The number of fused-ring (bicyclic) bond motifs is 1. The molecule has 1 atom stereocenters. The maximum Gasteiger partial charge on any atom is 0.270 e. The van der Waals surface area contributed by atoms with E-state index in [1.165, 1.54) is 12.1 Å². The van der Waals surface area contributed by atoms with Crippen molar-refractivity contribution in [2.75, 3.05) is 21.6 Å². The van der Waals surface area contributed by atoms with E-state index in [9.17, 15) is 23.6 Å². The molecule has 1 unspecified atom stereocenters. The second kappa shape index (κ2) is 8.33. The van der Waals surface area contributed by atoms with Gasteiger partial charge in [-0.2, -0.15) is 0 Å². The highest BCUT2D eigenvalue weighted by atomic mass is 32.2. The molecule has 0 spiro atoms. The Morgan fingerprint density at radius 1 is 1.03 bits per heavy atom. The maximum atomic E-state index is 11.4. The van der Waals surface area contributed by atoms with Crippen LogP contribution in [0.5, 0.6) is 0 Å². The van der Waals surface area contributed by atoms with Gasteiger partial charge in [-0.3, -0.25) is 14.8 Å². The van der Waals surface area contributed by atoms with E-state index in [-0.39, 0.29) is 5.69 Å². The molecule has 1 heterocycles. The van der Waals surface area contributed by atoms with E-state index in [1.54, 1.807) is 30.3 Å². The first-order valence-corrected chi connectivity index (χ1v) is 11.5. The molecule has 1 aliphatic rings. The highest BCUT2D eigenvalue weighted by molar-refractivity contribution is 7.92. The van der Waals surface area contributed by atoms with Crippen molar-refractivity contribution in [3.63, 3.8) is 0 Å². The Hall–Kier alpha value is -3.89. The summed E-state index contributed by atoms with van der Waals surface area (Å²) in [5.41, 5.74) is 3.87. The second-order valence-electron chi connectivity index (χ2n) is 7.27. The highest BCUT2D eigenvalue weighted by Gasteiger charge is 2.30. The molecule has 0 amide bonds. The number of sulfonamides is 1. The largest absolute Gasteiger partial charge is 0.369 e. The van der Waals surface area contributed by atoms with Gasteiger partial charge in [0.25, 0.3) is 5.69 Å². The number of aliphatic hydroxyl groups excluding tert-OH is 1. The van der Waals surface area contributed by atoms with Crippen molar-refractivity contribution in [2.24, 2.45) is 0 Å². The van der Waals surface area contributed by atoms with Crippen LogP contribution in [0.4, 0.5) is 22.7 Å². The second-order valence-corrected chi connectivity index (χ2v) is 9.01. The van der Waals surface area contributed by atoms with Gasteiger partial charge in [0.05, 0.1) is 16.9 Å².